The van der Waals surface area contributed by atoms with Crippen LogP contribution in [0.4, 0.5) is 4.79 Å². The van der Waals surface area contributed by atoms with Crippen LogP contribution >= 0.6 is 0 Å². The fourth-order valence-electron chi connectivity index (χ4n) is 5.62. The summed E-state index contributed by atoms with van der Waals surface area (Å²) in [6, 6.07) is 19.1. The van der Waals surface area contributed by atoms with Gasteiger partial charge in [0.1, 0.15) is 5.60 Å². The largest absolute Gasteiger partial charge is 0.444 e. The summed E-state index contributed by atoms with van der Waals surface area (Å²) in [6.45, 7) is 9.70. The van der Waals surface area contributed by atoms with Crippen molar-refractivity contribution in [2.24, 2.45) is 5.92 Å². The number of ether oxygens (including phenoxy) is 1. The predicted molar refractivity (Wildman–Crippen MR) is 146 cm³/mol. The first-order valence-electron chi connectivity index (χ1n) is 13.3. The molecule has 202 valence electrons. The van der Waals surface area contributed by atoms with Gasteiger partial charge in [-0.3, -0.25) is 0 Å². The van der Waals surface area contributed by atoms with Gasteiger partial charge in [-0.25, -0.2) is 17.5 Å². The molecular weight excluding hydrogens is 486 g/mol. The van der Waals surface area contributed by atoms with Gasteiger partial charge in [-0.05, 0) is 76.1 Å². The van der Waals surface area contributed by atoms with E-state index >= 15 is 0 Å². The molecule has 0 radical (unpaired) electrons. The number of rotatable bonds is 8. The molecule has 0 bridgehead atoms. The Labute approximate surface area is 222 Å². The van der Waals surface area contributed by atoms with E-state index in [4.69, 9.17) is 4.74 Å². The molecule has 2 heterocycles. The van der Waals surface area contributed by atoms with E-state index in [0.29, 0.717) is 17.4 Å². The molecule has 2 aliphatic heterocycles. The molecule has 0 aromatic heterocycles. The Bertz CT molecular complexity index is 1130. The highest BCUT2D eigenvalue weighted by molar-refractivity contribution is 7.89. The van der Waals surface area contributed by atoms with E-state index in [0.717, 1.165) is 51.0 Å². The molecule has 2 aromatic carbocycles. The molecule has 0 spiro atoms. The highest BCUT2D eigenvalue weighted by Gasteiger charge is 2.42. The van der Waals surface area contributed by atoms with Crippen molar-refractivity contribution in [3.63, 3.8) is 0 Å². The molecule has 2 unspecified atom stereocenters. The molecule has 0 aliphatic carbocycles. The zero-order valence-electron chi connectivity index (χ0n) is 22.5. The quantitative estimate of drug-likeness (QED) is 0.493. The van der Waals surface area contributed by atoms with Crippen molar-refractivity contribution in [3.8, 4) is 0 Å². The van der Waals surface area contributed by atoms with Gasteiger partial charge in [-0.15, -0.1) is 0 Å². The lowest BCUT2D eigenvalue weighted by Gasteiger charge is -2.38. The second kappa shape index (κ2) is 11.5. The van der Waals surface area contributed by atoms with Gasteiger partial charge in [0.15, 0.2) is 0 Å². The van der Waals surface area contributed by atoms with Gasteiger partial charge in [0.2, 0.25) is 10.0 Å². The lowest BCUT2D eigenvalue weighted by Crippen LogP contribution is -2.49. The van der Waals surface area contributed by atoms with E-state index in [1.807, 2.05) is 49.9 Å². The van der Waals surface area contributed by atoms with Crippen LogP contribution in [0.5, 0.6) is 0 Å². The van der Waals surface area contributed by atoms with E-state index in [2.05, 4.69) is 17.0 Å². The highest BCUT2D eigenvalue weighted by atomic mass is 32.2. The molecule has 3 atom stereocenters. The smallest absolute Gasteiger partial charge is 0.410 e. The second-order valence-corrected chi connectivity index (χ2v) is 13.4. The molecule has 8 heteroatoms. The summed E-state index contributed by atoms with van der Waals surface area (Å²) >= 11 is 0. The number of piperidine rings is 1. The molecule has 0 N–H and O–H groups in total. The summed E-state index contributed by atoms with van der Waals surface area (Å²) in [5.41, 5.74) is 0.674. The second-order valence-electron chi connectivity index (χ2n) is 11.4. The third kappa shape index (κ3) is 6.92. The molecule has 4 rings (SSSR count). The van der Waals surface area contributed by atoms with Crippen LogP contribution in [-0.4, -0.2) is 80.0 Å². The van der Waals surface area contributed by atoms with E-state index in [-0.39, 0.29) is 18.1 Å². The minimum Gasteiger partial charge on any atom is -0.444 e. The number of carbonyl (C=O) groups excluding carboxylic acids is 1. The number of amides is 1. The van der Waals surface area contributed by atoms with Crippen LogP contribution in [0, 0.1) is 5.92 Å². The van der Waals surface area contributed by atoms with Crippen LogP contribution < -0.4 is 0 Å². The summed E-state index contributed by atoms with van der Waals surface area (Å²) < 4.78 is 33.5. The Kier molecular flexibility index (Phi) is 8.61. The number of sulfonamides is 1. The summed E-state index contributed by atoms with van der Waals surface area (Å²) in [5.74, 6) is 0.543. The summed E-state index contributed by atoms with van der Waals surface area (Å²) in [7, 11) is -1.88. The minimum absolute atomic E-state index is 0.0873. The third-order valence-electron chi connectivity index (χ3n) is 7.54. The van der Waals surface area contributed by atoms with Crippen LogP contribution in [0.15, 0.2) is 65.6 Å². The standard InChI is InChI=1S/C29H41N3O4S/c1-29(2,3)36-28(33)32-20-16-25-22-31(19-17-27(25)32)18-15-24(23-11-7-5-8-12-23)21-30(4)37(34,35)26-13-9-6-10-14-26/h5-14,24-25,27H,15-22H2,1-4H3/t24-,25?,27?/m1/s1. The highest BCUT2D eigenvalue weighted by Crippen LogP contribution is 2.33. The maximum absolute atomic E-state index is 13.2. The SMILES string of the molecule is CN(C[C@@H](CCN1CCC2C(CCN2C(=O)OC(C)(C)C)C1)c1ccccc1)S(=O)(=O)c1ccccc1. The van der Waals surface area contributed by atoms with Crippen molar-refractivity contribution >= 4 is 16.1 Å². The molecule has 7 nitrogen and oxygen atoms in total. The Morgan fingerprint density at radius 1 is 1.03 bits per heavy atom. The van der Waals surface area contributed by atoms with Gasteiger partial charge in [0.25, 0.3) is 0 Å². The number of likely N-dealkylation sites (N-methyl/N-ethyl adjacent to an activating group) is 1. The maximum atomic E-state index is 13.2. The van der Waals surface area contributed by atoms with Gasteiger partial charge >= 0.3 is 6.09 Å². The van der Waals surface area contributed by atoms with Crippen molar-refractivity contribution in [3.05, 3.63) is 66.2 Å². The first-order valence-corrected chi connectivity index (χ1v) is 14.8. The molecule has 2 aliphatic rings. The first kappa shape index (κ1) is 27.6. The van der Waals surface area contributed by atoms with Crippen molar-refractivity contribution in [2.75, 3.05) is 39.8 Å². The summed E-state index contributed by atoms with van der Waals surface area (Å²) in [5, 5.41) is 0. The van der Waals surface area contributed by atoms with Crippen molar-refractivity contribution in [2.45, 2.75) is 62.5 Å². The zero-order valence-corrected chi connectivity index (χ0v) is 23.4. The molecule has 2 aromatic rings. The maximum Gasteiger partial charge on any atom is 0.410 e. The number of hydrogen-bond donors (Lipinski definition) is 0. The van der Waals surface area contributed by atoms with Gasteiger partial charge in [-0.2, -0.15) is 0 Å². The van der Waals surface area contributed by atoms with E-state index in [9.17, 15) is 13.2 Å². The Hall–Kier alpha value is -2.42. The van der Waals surface area contributed by atoms with Gasteiger partial charge in [0.05, 0.1) is 4.90 Å². The first-order chi connectivity index (χ1) is 17.5. The molecule has 2 saturated heterocycles. The van der Waals surface area contributed by atoms with E-state index in [1.165, 1.54) is 4.31 Å². The van der Waals surface area contributed by atoms with Crippen LogP contribution in [-0.2, 0) is 14.8 Å². The molecule has 1 amide bonds. The number of carbonyl (C=O) groups is 1. The van der Waals surface area contributed by atoms with Gasteiger partial charge < -0.3 is 14.5 Å². The number of nitrogens with zero attached hydrogens (tertiary/aromatic N) is 3. The van der Waals surface area contributed by atoms with E-state index in [1.54, 1.807) is 31.3 Å². The average Bonchev–Trinajstić information content (AvgIpc) is 3.30. The molecule has 0 saturated carbocycles. The topological polar surface area (TPSA) is 70.2 Å². The van der Waals surface area contributed by atoms with Crippen LogP contribution in [0.2, 0.25) is 0 Å². The van der Waals surface area contributed by atoms with Crippen LogP contribution in [0.1, 0.15) is 51.5 Å². The van der Waals surface area contributed by atoms with E-state index < -0.39 is 15.6 Å². The minimum atomic E-state index is -3.55. The molecule has 2 fully saturated rings. The van der Waals surface area contributed by atoms with Gasteiger partial charge in [0, 0.05) is 39.3 Å². The number of hydrogen-bond acceptors (Lipinski definition) is 5. The zero-order chi connectivity index (χ0) is 26.6. The predicted octanol–water partition coefficient (Wildman–Crippen LogP) is 4.81. The number of fused-ring (bicyclic) bond motifs is 1. The fraction of sp³-hybridized carbons (Fsp3) is 0.552. The average molecular weight is 528 g/mol. The number of benzene rings is 2. The van der Waals surface area contributed by atoms with Crippen molar-refractivity contribution in [1.29, 1.82) is 0 Å². The Morgan fingerprint density at radius 2 is 1.68 bits per heavy atom. The normalized spacial score (nSPS) is 21.6. The summed E-state index contributed by atoms with van der Waals surface area (Å²) in [6.07, 6.45) is 2.62. The lowest BCUT2D eigenvalue weighted by atomic mass is 9.91. The van der Waals surface area contributed by atoms with Crippen molar-refractivity contribution < 1.29 is 17.9 Å². The van der Waals surface area contributed by atoms with Gasteiger partial charge in [-0.1, -0.05) is 48.5 Å². The third-order valence-corrected chi connectivity index (χ3v) is 9.38. The number of likely N-dealkylation sites (tertiary alicyclic amines) is 2. The lowest BCUT2D eigenvalue weighted by molar-refractivity contribution is 0.0141. The van der Waals surface area contributed by atoms with Crippen LogP contribution in [0.25, 0.3) is 0 Å². The fourth-order valence-corrected chi connectivity index (χ4v) is 6.86. The monoisotopic (exact) mass is 527 g/mol. The Morgan fingerprint density at radius 3 is 2.32 bits per heavy atom. The van der Waals surface area contributed by atoms with Crippen molar-refractivity contribution in [1.82, 2.24) is 14.1 Å². The van der Waals surface area contributed by atoms with Crippen LogP contribution in [0.3, 0.4) is 0 Å². The molecule has 37 heavy (non-hydrogen) atoms. The molecular formula is C29H41N3O4S. The summed E-state index contributed by atoms with van der Waals surface area (Å²) in [4.78, 5) is 17.4. The Balaban J connectivity index is 1.38.